The number of anilines is 1. The van der Waals surface area contributed by atoms with E-state index in [9.17, 15) is 19.3 Å². The topological polar surface area (TPSA) is 105 Å². The highest BCUT2D eigenvalue weighted by molar-refractivity contribution is 9.10. The molecule has 7 nitrogen and oxygen atoms in total. The first-order chi connectivity index (χ1) is 9.88. The minimum atomic E-state index is -1.15. The van der Waals surface area contributed by atoms with Crippen LogP contribution in [0.15, 0.2) is 22.0 Å². The van der Waals surface area contributed by atoms with Gasteiger partial charge in [-0.2, -0.15) is 0 Å². The average Bonchev–Trinajstić information content (AvgIpc) is 2.88. The number of aromatic carboxylic acids is 1. The van der Waals surface area contributed by atoms with Gasteiger partial charge in [0.1, 0.15) is 16.5 Å². The summed E-state index contributed by atoms with van der Waals surface area (Å²) in [7, 11) is 0. The van der Waals surface area contributed by atoms with Gasteiger partial charge in [-0.3, -0.25) is 10.1 Å². The van der Waals surface area contributed by atoms with E-state index in [0.717, 1.165) is 17.4 Å². The minimum absolute atomic E-state index is 0.0842. The van der Waals surface area contributed by atoms with Gasteiger partial charge in [0.05, 0.1) is 22.0 Å². The molecule has 0 aliphatic rings. The van der Waals surface area contributed by atoms with Crippen molar-refractivity contribution < 1.29 is 19.2 Å². The third-order valence-electron chi connectivity index (χ3n) is 2.44. The Balaban J connectivity index is 2.20. The molecule has 1 aromatic heterocycles. The van der Waals surface area contributed by atoms with Gasteiger partial charge < -0.3 is 10.4 Å². The predicted octanol–water partition coefficient (Wildman–Crippen LogP) is 3.26. The van der Waals surface area contributed by atoms with Crippen molar-refractivity contribution in [2.75, 3.05) is 5.32 Å². The van der Waals surface area contributed by atoms with E-state index in [4.69, 9.17) is 5.11 Å². The van der Waals surface area contributed by atoms with Gasteiger partial charge in [0, 0.05) is 5.38 Å². The fourth-order valence-electron chi connectivity index (χ4n) is 1.49. The van der Waals surface area contributed by atoms with Gasteiger partial charge in [0.25, 0.3) is 5.69 Å². The molecular formula is C11H7BrFN3O4S. The summed E-state index contributed by atoms with van der Waals surface area (Å²) < 4.78 is 13.4. The molecule has 0 fully saturated rings. The van der Waals surface area contributed by atoms with Crippen molar-refractivity contribution in [2.45, 2.75) is 6.54 Å². The Bertz CT molecular complexity index is 721. The normalized spacial score (nSPS) is 10.4. The number of hydrogen-bond donors (Lipinski definition) is 2. The van der Waals surface area contributed by atoms with Crippen LogP contribution in [0.1, 0.15) is 15.5 Å². The van der Waals surface area contributed by atoms with Crippen LogP contribution in [0.25, 0.3) is 0 Å². The highest BCUT2D eigenvalue weighted by Crippen LogP contribution is 2.31. The van der Waals surface area contributed by atoms with Crippen LogP contribution in [0.5, 0.6) is 0 Å². The zero-order chi connectivity index (χ0) is 15.6. The lowest BCUT2D eigenvalue weighted by Crippen LogP contribution is -2.04. The van der Waals surface area contributed by atoms with Gasteiger partial charge in [-0.05, 0) is 22.0 Å². The number of carbonyl (C=O) groups is 1. The van der Waals surface area contributed by atoms with E-state index >= 15 is 0 Å². The number of carboxylic acid groups (broad SMARTS) is 1. The molecule has 0 radical (unpaired) electrons. The number of hydrogen-bond acceptors (Lipinski definition) is 6. The fourth-order valence-corrected chi connectivity index (χ4v) is 2.54. The second-order valence-electron chi connectivity index (χ2n) is 3.83. The van der Waals surface area contributed by atoms with Gasteiger partial charge in [-0.1, -0.05) is 0 Å². The Morgan fingerprint density at radius 1 is 1.57 bits per heavy atom. The molecule has 0 aliphatic heterocycles. The summed E-state index contributed by atoms with van der Waals surface area (Å²) in [6, 6.07) is 2.05. The number of carboxylic acids is 1. The fraction of sp³-hybridized carbons (Fsp3) is 0.0909. The van der Waals surface area contributed by atoms with E-state index in [-0.39, 0.29) is 22.4 Å². The quantitative estimate of drug-likeness (QED) is 0.613. The Morgan fingerprint density at radius 2 is 2.29 bits per heavy atom. The molecule has 21 heavy (non-hydrogen) atoms. The van der Waals surface area contributed by atoms with Crippen LogP contribution in [0.3, 0.4) is 0 Å². The van der Waals surface area contributed by atoms with Crippen molar-refractivity contribution in [2.24, 2.45) is 0 Å². The van der Waals surface area contributed by atoms with Crippen LogP contribution >= 0.6 is 27.3 Å². The van der Waals surface area contributed by atoms with Gasteiger partial charge in [0.2, 0.25) is 0 Å². The van der Waals surface area contributed by atoms with Crippen LogP contribution in [-0.4, -0.2) is 21.0 Å². The molecule has 10 heteroatoms. The second kappa shape index (κ2) is 6.14. The largest absolute Gasteiger partial charge is 0.476 e. The number of nitrogens with one attached hydrogen (secondary N) is 1. The Labute approximate surface area is 129 Å². The zero-order valence-corrected chi connectivity index (χ0v) is 12.6. The number of nitro benzene ring substituents is 1. The molecule has 0 bridgehead atoms. The number of thiazole rings is 1. The molecule has 0 saturated carbocycles. The summed E-state index contributed by atoms with van der Waals surface area (Å²) in [5.41, 5.74) is -0.391. The molecule has 0 saturated heterocycles. The van der Waals surface area contributed by atoms with Gasteiger partial charge in [-0.25, -0.2) is 14.2 Å². The predicted molar refractivity (Wildman–Crippen MR) is 77.2 cm³/mol. The Kier molecular flexibility index (Phi) is 4.48. The lowest BCUT2D eigenvalue weighted by atomic mass is 10.2. The maximum absolute atomic E-state index is 13.3. The Hall–Kier alpha value is -2.07. The smallest absolute Gasteiger partial charge is 0.355 e. The number of aromatic nitrogens is 1. The summed E-state index contributed by atoms with van der Waals surface area (Å²) in [6.45, 7) is 0.0941. The lowest BCUT2D eigenvalue weighted by Gasteiger charge is -2.06. The molecule has 110 valence electrons. The van der Waals surface area contributed by atoms with Gasteiger partial charge in [-0.15, -0.1) is 11.3 Å². The molecular weight excluding hydrogens is 369 g/mol. The van der Waals surface area contributed by atoms with E-state index < -0.39 is 22.4 Å². The minimum Gasteiger partial charge on any atom is -0.476 e. The summed E-state index contributed by atoms with van der Waals surface area (Å²) in [4.78, 5) is 24.7. The molecule has 1 heterocycles. The SMILES string of the molecule is O=C(O)c1csc(CNc2cc(Br)c(F)cc2[N+](=O)[O-])n1. The molecule has 0 amide bonds. The monoisotopic (exact) mass is 375 g/mol. The standard InChI is InChI=1S/C11H7BrFN3O4S/c12-5-1-7(9(16(19)20)2-6(5)13)14-3-10-15-8(4-21-10)11(17)18/h1-2,4,14H,3H2,(H,17,18). The van der Waals surface area contributed by atoms with Gasteiger partial charge in [0.15, 0.2) is 5.69 Å². The van der Waals surface area contributed by atoms with E-state index in [1.807, 2.05) is 0 Å². The number of nitro groups is 1. The Morgan fingerprint density at radius 3 is 2.86 bits per heavy atom. The summed E-state index contributed by atoms with van der Waals surface area (Å²) in [5.74, 6) is -1.89. The van der Waals surface area contributed by atoms with Crippen LogP contribution in [0.2, 0.25) is 0 Å². The number of halogens is 2. The highest BCUT2D eigenvalue weighted by Gasteiger charge is 2.18. The second-order valence-corrected chi connectivity index (χ2v) is 5.62. The van der Waals surface area contributed by atoms with Crippen LogP contribution in [0, 0.1) is 15.9 Å². The van der Waals surface area contributed by atoms with Crippen molar-refractivity contribution in [1.82, 2.24) is 4.98 Å². The van der Waals surface area contributed by atoms with Crippen molar-refractivity contribution in [3.63, 3.8) is 0 Å². The first-order valence-electron chi connectivity index (χ1n) is 5.43. The first-order valence-corrected chi connectivity index (χ1v) is 7.10. The van der Waals surface area contributed by atoms with Crippen molar-refractivity contribution >= 4 is 44.6 Å². The number of nitrogens with zero attached hydrogens (tertiary/aromatic N) is 2. The molecule has 2 rings (SSSR count). The van der Waals surface area contributed by atoms with E-state index in [2.05, 4.69) is 26.2 Å². The van der Waals surface area contributed by atoms with Crippen LogP contribution in [-0.2, 0) is 6.54 Å². The van der Waals surface area contributed by atoms with Crippen molar-refractivity contribution in [1.29, 1.82) is 0 Å². The number of benzene rings is 1. The lowest BCUT2D eigenvalue weighted by molar-refractivity contribution is -0.384. The van der Waals surface area contributed by atoms with E-state index in [1.165, 1.54) is 11.4 Å². The van der Waals surface area contributed by atoms with Gasteiger partial charge >= 0.3 is 5.97 Å². The molecule has 0 aliphatic carbocycles. The summed E-state index contributed by atoms with van der Waals surface area (Å²) in [6.07, 6.45) is 0. The molecule has 0 atom stereocenters. The molecule has 2 N–H and O–H groups in total. The summed E-state index contributed by atoms with van der Waals surface area (Å²) in [5, 5.41) is 24.2. The average molecular weight is 376 g/mol. The molecule has 2 aromatic rings. The highest BCUT2D eigenvalue weighted by atomic mass is 79.9. The third-order valence-corrected chi connectivity index (χ3v) is 3.89. The van der Waals surface area contributed by atoms with Crippen molar-refractivity contribution in [3.8, 4) is 0 Å². The molecule has 0 spiro atoms. The third kappa shape index (κ3) is 3.52. The molecule has 0 unspecified atom stereocenters. The van der Waals surface area contributed by atoms with E-state index in [1.54, 1.807) is 0 Å². The van der Waals surface area contributed by atoms with Crippen molar-refractivity contribution in [3.05, 3.63) is 48.6 Å². The summed E-state index contributed by atoms with van der Waals surface area (Å²) >= 11 is 4.06. The zero-order valence-electron chi connectivity index (χ0n) is 10.2. The van der Waals surface area contributed by atoms with Crippen LogP contribution in [0.4, 0.5) is 15.8 Å². The number of rotatable bonds is 5. The maximum atomic E-state index is 13.3. The maximum Gasteiger partial charge on any atom is 0.355 e. The van der Waals surface area contributed by atoms with Crippen LogP contribution < -0.4 is 5.32 Å². The van der Waals surface area contributed by atoms with E-state index in [0.29, 0.717) is 5.01 Å². The molecule has 1 aromatic carbocycles. The first kappa shape index (κ1) is 15.3.